The second-order valence-electron chi connectivity index (χ2n) is 4.87. The molecule has 3 heteroatoms. The normalized spacial score (nSPS) is 24.9. The number of ether oxygens (including phenoxy) is 2. The fourth-order valence-corrected chi connectivity index (χ4v) is 2.53. The molecule has 1 saturated heterocycles. The van der Waals surface area contributed by atoms with E-state index in [1.807, 2.05) is 0 Å². The van der Waals surface area contributed by atoms with E-state index in [1.165, 1.54) is 0 Å². The van der Waals surface area contributed by atoms with Gasteiger partial charge in [0.05, 0.1) is 12.7 Å². The first-order chi connectivity index (χ1) is 7.70. The minimum absolute atomic E-state index is 0.302. The van der Waals surface area contributed by atoms with Gasteiger partial charge in [0.2, 0.25) is 0 Å². The van der Waals surface area contributed by atoms with Crippen molar-refractivity contribution in [3.05, 3.63) is 0 Å². The first-order valence-electron chi connectivity index (χ1n) is 6.63. The predicted molar refractivity (Wildman–Crippen MR) is 66.6 cm³/mol. The van der Waals surface area contributed by atoms with Gasteiger partial charge in [0, 0.05) is 25.2 Å². The summed E-state index contributed by atoms with van der Waals surface area (Å²) in [4.78, 5) is 0. The van der Waals surface area contributed by atoms with Crippen molar-refractivity contribution in [2.24, 2.45) is 11.8 Å². The Hall–Kier alpha value is -0.120. The van der Waals surface area contributed by atoms with Crippen LogP contribution in [0.25, 0.3) is 0 Å². The SMILES string of the molecule is CCNC(C1CCOC1)C(OCC)C(C)C. The van der Waals surface area contributed by atoms with Crippen molar-refractivity contribution in [2.45, 2.75) is 46.3 Å². The van der Waals surface area contributed by atoms with Crippen molar-refractivity contribution in [3.63, 3.8) is 0 Å². The third kappa shape index (κ3) is 3.72. The Labute approximate surface area is 99.9 Å². The van der Waals surface area contributed by atoms with Crippen LogP contribution in [0.1, 0.15) is 34.1 Å². The van der Waals surface area contributed by atoms with E-state index in [0.717, 1.165) is 32.8 Å². The van der Waals surface area contributed by atoms with Gasteiger partial charge >= 0.3 is 0 Å². The lowest BCUT2D eigenvalue weighted by Crippen LogP contribution is -2.49. The zero-order chi connectivity index (χ0) is 12.0. The monoisotopic (exact) mass is 229 g/mol. The molecule has 3 unspecified atom stereocenters. The molecule has 0 amide bonds. The maximum absolute atomic E-state index is 5.91. The van der Waals surface area contributed by atoms with E-state index in [4.69, 9.17) is 9.47 Å². The smallest absolute Gasteiger partial charge is 0.0754 e. The molecule has 3 atom stereocenters. The van der Waals surface area contributed by atoms with Crippen LogP contribution in [0.5, 0.6) is 0 Å². The van der Waals surface area contributed by atoms with Gasteiger partial charge in [-0.2, -0.15) is 0 Å². The molecular formula is C13H27NO2. The van der Waals surface area contributed by atoms with Crippen LogP contribution in [0.4, 0.5) is 0 Å². The molecule has 0 spiro atoms. The van der Waals surface area contributed by atoms with Gasteiger partial charge in [-0.1, -0.05) is 20.8 Å². The van der Waals surface area contributed by atoms with E-state index < -0.39 is 0 Å². The molecule has 1 N–H and O–H groups in total. The van der Waals surface area contributed by atoms with Crippen molar-refractivity contribution in [1.82, 2.24) is 5.32 Å². The quantitative estimate of drug-likeness (QED) is 0.725. The van der Waals surface area contributed by atoms with Crippen LogP contribution in [0, 0.1) is 11.8 Å². The van der Waals surface area contributed by atoms with Gasteiger partial charge in [0.1, 0.15) is 0 Å². The molecule has 0 radical (unpaired) electrons. The van der Waals surface area contributed by atoms with Gasteiger partial charge in [0.25, 0.3) is 0 Å². The van der Waals surface area contributed by atoms with Crippen molar-refractivity contribution in [1.29, 1.82) is 0 Å². The molecule has 0 aromatic carbocycles. The highest BCUT2D eigenvalue weighted by atomic mass is 16.5. The molecule has 1 aliphatic heterocycles. The summed E-state index contributed by atoms with van der Waals surface area (Å²) in [6.07, 6.45) is 1.46. The maximum atomic E-state index is 5.91. The van der Waals surface area contributed by atoms with Crippen molar-refractivity contribution in [2.75, 3.05) is 26.4 Å². The highest BCUT2D eigenvalue weighted by molar-refractivity contribution is 4.87. The fraction of sp³-hybridized carbons (Fsp3) is 1.00. The molecule has 96 valence electrons. The molecule has 0 bridgehead atoms. The second-order valence-corrected chi connectivity index (χ2v) is 4.87. The number of rotatable bonds is 7. The first-order valence-corrected chi connectivity index (χ1v) is 6.63. The molecule has 1 heterocycles. The Morgan fingerprint density at radius 3 is 2.56 bits per heavy atom. The lowest BCUT2D eigenvalue weighted by Gasteiger charge is -2.34. The summed E-state index contributed by atoms with van der Waals surface area (Å²) in [6.45, 7) is 12.3. The molecule has 16 heavy (non-hydrogen) atoms. The number of nitrogens with one attached hydrogen (secondary N) is 1. The average Bonchev–Trinajstić information content (AvgIpc) is 2.76. The van der Waals surface area contributed by atoms with E-state index in [0.29, 0.717) is 24.0 Å². The zero-order valence-corrected chi connectivity index (χ0v) is 11.2. The summed E-state index contributed by atoms with van der Waals surface area (Å²) in [5, 5.41) is 3.59. The minimum atomic E-state index is 0.302. The third-order valence-corrected chi connectivity index (χ3v) is 3.28. The van der Waals surface area contributed by atoms with Gasteiger partial charge in [-0.15, -0.1) is 0 Å². The van der Waals surface area contributed by atoms with Crippen molar-refractivity contribution in [3.8, 4) is 0 Å². The summed E-state index contributed by atoms with van der Waals surface area (Å²) < 4.78 is 11.4. The average molecular weight is 229 g/mol. The summed E-state index contributed by atoms with van der Waals surface area (Å²) in [7, 11) is 0. The van der Waals surface area contributed by atoms with E-state index in [-0.39, 0.29) is 0 Å². The molecule has 3 nitrogen and oxygen atoms in total. The van der Waals surface area contributed by atoms with Crippen LogP contribution in [-0.2, 0) is 9.47 Å². The Morgan fingerprint density at radius 2 is 2.12 bits per heavy atom. The van der Waals surface area contributed by atoms with Crippen LogP contribution in [0.2, 0.25) is 0 Å². The third-order valence-electron chi connectivity index (χ3n) is 3.28. The molecule has 0 saturated carbocycles. The summed E-state index contributed by atoms with van der Waals surface area (Å²) in [5.74, 6) is 1.16. The molecule has 0 aliphatic carbocycles. The highest BCUT2D eigenvalue weighted by Gasteiger charge is 2.33. The van der Waals surface area contributed by atoms with Crippen LogP contribution in [0.15, 0.2) is 0 Å². The van der Waals surface area contributed by atoms with Gasteiger partial charge < -0.3 is 14.8 Å². The van der Waals surface area contributed by atoms with Gasteiger partial charge in [-0.05, 0) is 25.8 Å². The molecule has 0 aromatic rings. The van der Waals surface area contributed by atoms with E-state index in [1.54, 1.807) is 0 Å². The zero-order valence-electron chi connectivity index (χ0n) is 11.2. The van der Waals surface area contributed by atoms with Crippen LogP contribution < -0.4 is 5.32 Å². The number of hydrogen-bond acceptors (Lipinski definition) is 3. The van der Waals surface area contributed by atoms with Gasteiger partial charge in [-0.25, -0.2) is 0 Å². The van der Waals surface area contributed by atoms with Gasteiger partial charge in [-0.3, -0.25) is 0 Å². The second kappa shape index (κ2) is 7.25. The lowest BCUT2D eigenvalue weighted by molar-refractivity contribution is -0.0127. The van der Waals surface area contributed by atoms with Crippen LogP contribution >= 0.6 is 0 Å². The summed E-state index contributed by atoms with van der Waals surface area (Å²) >= 11 is 0. The Balaban J connectivity index is 2.63. The highest BCUT2D eigenvalue weighted by Crippen LogP contribution is 2.24. The topological polar surface area (TPSA) is 30.5 Å². The maximum Gasteiger partial charge on any atom is 0.0754 e. The minimum Gasteiger partial charge on any atom is -0.381 e. The largest absolute Gasteiger partial charge is 0.381 e. The summed E-state index contributed by atoms with van der Waals surface area (Å²) in [5.41, 5.74) is 0. The Kier molecular flexibility index (Phi) is 6.32. The van der Waals surface area contributed by atoms with Crippen molar-refractivity contribution < 1.29 is 9.47 Å². The standard InChI is InChI=1S/C13H27NO2/c1-5-14-12(11-7-8-15-9-11)13(10(3)4)16-6-2/h10-14H,5-9H2,1-4H3. The molecular weight excluding hydrogens is 202 g/mol. The van der Waals surface area contributed by atoms with E-state index in [2.05, 4.69) is 33.0 Å². The molecule has 1 rings (SSSR count). The van der Waals surface area contributed by atoms with Crippen LogP contribution in [-0.4, -0.2) is 38.5 Å². The summed E-state index contributed by atoms with van der Waals surface area (Å²) in [6, 6.07) is 0.437. The van der Waals surface area contributed by atoms with Crippen molar-refractivity contribution >= 4 is 0 Å². The van der Waals surface area contributed by atoms with E-state index in [9.17, 15) is 0 Å². The Morgan fingerprint density at radius 1 is 1.38 bits per heavy atom. The van der Waals surface area contributed by atoms with Crippen LogP contribution in [0.3, 0.4) is 0 Å². The lowest BCUT2D eigenvalue weighted by atomic mass is 9.88. The molecule has 1 aliphatic rings. The van der Waals surface area contributed by atoms with E-state index >= 15 is 0 Å². The van der Waals surface area contributed by atoms with Gasteiger partial charge in [0.15, 0.2) is 0 Å². The molecule has 1 fully saturated rings. The number of hydrogen-bond donors (Lipinski definition) is 1. The molecule has 0 aromatic heterocycles. The first kappa shape index (κ1) is 13.9. The fourth-order valence-electron chi connectivity index (χ4n) is 2.53. The Bertz CT molecular complexity index is 179. The predicted octanol–water partition coefficient (Wildman–Crippen LogP) is 2.06. The number of likely N-dealkylation sites (N-methyl/N-ethyl adjacent to an activating group) is 1.